The average molecular weight is 331 g/mol. The fourth-order valence-electron chi connectivity index (χ4n) is 2.41. The molecule has 4 nitrogen and oxygen atoms in total. The van der Waals surface area contributed by atoms with Crippen molar-refractivity contribution in [3.05, 3.63) is 17.0 Å². The molecule has 0 bridgehead atoms. The lowest BCUT2D eigenvalue weighted by molar-refractivity contribution is 0.418. The van der Waals surface area contributed by atoms with Crippen molar-refractivity contribution >= 4 is 21.4 Å². The van der Waals surface area contributed by atoms with E-state index < -0.39 is 15.6 Å². The average Bonchev–Trinajstić information content (AvgIpc) is 3.03. The zero-order valence-corrected chi connectivity index (χ0v) is 14.7. The molecule has 120 valence electrons. The number of hydrogen-bond donors (Lipinski definition) is 2. The van der Waals surface area contributed by atoms with Crippen LogP contribution in [0, 0.1) is 0 Å². The summed E-state index contributed by atoms with van der Waals surface area (Å²) in [6.07, 6.45) is 5.24. The van der Waals surface area contributed by atoms with Crippen LogP contribution in [0.5, 0.6) is 0 Å². The van der Waals surface area contributed by atoms with E-state index in [0.29, 0.717) is 10.3 Å². The zero-order valence-electron chi connectivity index (χ0n) is 13.1. The van der Waals surface area contributed by atoms with Crippen molar-refractivity contribution in [2.75, 3.05) is 6.54 Å². The highest BCUT2D eigenvalue weighted by Gasteiger charge is 2.26. The molecule has 1 aliphatic rings. The Balaban J connectivity index is 1.94. The Labute approximate surface area is 132 Å². The molecular formula is C15H26N2O2S2. The molecule has 0 atom stereocenters. The van der Waals surface area contributed by atoms with Gasteiger partial charge in [0.05, 0.1) is 0 Å². The second-order valence-corrected chi connectivity index (χ2v) is 9.52. The topological polar surface area (TPSA) is 58.2 Å². The minimum absolute atomic E-state index is 0.398. The predicted molar refractivity (Wildman–Crippen MR) is 88.4 cm³/mol. The van der Waals surface area contributed by atoms with E-state index in [1.807, 2.05) is 19.9 Å². The van der Waals surface area contributed by atoms with Crippen molar-refractivity contribution in [2.45, 2.75) is 68.7 Å². The van der Waals surface area contributed by atoms with Gasteiger partial charge in [0.25, 0.3) is 10.0 Å². The van der Waals surface area contributed by atoms with Gasteiger partial charge in [0.1, 0.15) is 4.21 Å². The van der Waals surface area contributed by atoms with Gasteiger partial charge in [-0.2, -0.15) is 0 Å². The molecule has 2 rings (SSSR count). The molecule has 1 aromatic rings. The summed E-state index contributed by atoms with van der Waals surface area (Å²) < 4.78 is 28.1. The summed E-state index contributed by atoms with van der Waals surface area (Å²) in [5.74, 6) is 0. The summed E-state index contributed by atoms with van der Waals surface area (Å²) in [6, 6.07) is 4.35. The van der Waals surface area contributed by atoms with E-state index in [4.69, 9.17) is 0 Å². The van der Waals surface area contributed by atoms with Crippen LogP contribution in [0.25, 0.3) is 0 Å². The van der Waals surface area contributed by atoms with Crippen molar-refractivity contribution < 1.29 is 8.42 Å². The fraction of sp³-hybridized carbons (Fsp3) is 0.733. The SMILES string of the molecule is CCCC(C)(C)NS(=O)(=O)c1ccc(CCNC2CC2)s1. The van der Waals surface area contributed by atoms with E-state index in [1.54, 1.807) is 6.07 Å². The van der Waals surface area contributed by atoms with Crippen molar-refractivity contribution in [2.24, 2.45) is 0 Å². The van der Waals surface area contributed by atoms with E-state index in [0.717, 1.165) is 30.7 Å². The Morgan fingerprint density at radius 2 is 2.05 bits per heavy atom. The number of rotatable bonds is 9. The molecule has 6 heteroatoms. The lowest BCUT2D eigenvalue weighted by Crippen LogP contribution is -2.42. The van der Waals surface area contributed by atoms with Gasteiger partial charge in [-0.25, -0.2) is 13.1 Å². The van der Waals surface area contributed by atoms with Crippen LogP contribution in [0.4, 0.5) is 0 Å². The molecule has 0 radical (unpaired) electrons. The summed E-state index contributed by atoms with van der Waals surface area (Å²) in [5.41, 5.74) is -0.398. The van der Waals surface area contributed by atoms with Gasteiger partial charge in [0.15, 0.2) is 0 Å². The van der Waals surface area contributed by atoms with Crippen LogP contribution in [0.3, 0.4) is 0 Å². The highest BCUT2D eigenvalue weighted by atomic mass is 32.2. The third-order valence-corrected chi connectivity index (χ3v) is 6.90. The van der Waals surface area contributed by atoms with Gasteiger partial charge in [-0.15, -0.1) is 11.3 Å². The minimum Gasteiger partial charge on any atom is -0.314 e. The van der Waals surface area contributed by atoms with Gasteiger partial charge in [-0.05, 0) is 51.7 Å². The lowest BCUT2D eigenvalue weighted by atomic mass is 10.0. The van der Waals surface area contributed by atoms with E-state index >= 15 is 0 Å². The Kier molecular flexibility index (Phi) is 5.46. The highest BCUT2D eigenvalue weighted by molar-refractivity contribution is 7.91. The first-order valence-corrected chi connectivity index (χ1v) is 9.98. The maximum absolute atomic E-state index is 12.4. The van der Waals surface area contributed by atoms with Gasteiger partial charge >= 0.3 is 0 Å². The number of hydrogen-bond acceptors (Lipinski definition) is 4. The highest BCUT2D eigenvalue weighted by Crippen LogP contribution is 2.25. The van der Waals surface area contributed by atoms with Gasteiger partial charge in [-0.1, -0.05) is 13.3 Å². The van der Waals surface area contributed by atoms with E-state index in [1.165, 1.54) is 24.2 Å². The molecule has 1 aromatic heterocycles. The summed E-state index contributed by atoms with van der Waals surface area (Å²) >= 11 is 1.38. The Morgan fingerprint density at radius 1 is 1.33 bits per heavy atom. The normalized spacial score (nSPS) is 16.3. The third kappa shape index (κ3) is 5.36. The first-order chi connectivity index (χ1) is 9.82. The maximum atomic E-state index is 12.4. The van der Waals surface area contributed by atoms with Gasteiger partial charge < -0.3 is 5.32 Å². The Hall–Kier alpha value is -0.430. The molecule has 1 saturated carbocycles. The minimum atomic E-state index is -3.40. The number of sulfonamides is 1. The van der Waals surface area contributed by atoms with Crippen molar-refractivity contribution in [3.63, 3.8) is 0 Å². The van der Waals surface area contributed by atoms with E-state index in [-0.39, 0.29) is 0 Å². The van der Waals surface area contributed by atoms with E-state index in [9.17, 15) is 8.42 Å². The standard InChI is InChI=1S/C15H26N2O2S2/c1-4-10-15(2,3)17-21(18,19)14-8-7-13(20-14)9-11-16-12-5-6-12/h7-8,12,16-17H,4-6,9-11H2,1-3H3. The summed E-state index contributed by atoms with van der Waals surface area (Å²) in [5, 5.41) is 3.45. The number of nitrogens with one attached hydrogen (secondary N) is 2. The van der Waals surface area contributed by atoms with Crippen LogP contribution in [0.2, 0.25) is 0 Å². The van der Waals surface area contributed by atoms with Crippen LogP contribution in [0.1, 0.15) is 51.3 Å². The molecule has 1 fully saturated rings. The second-order valence-electron chi connectivity index (χ2n) is 6.44. The largest absolute Gasteiger partial charge is 0.314 e. The quantitative estimate of drug-likeness (QED) is 0.732. The van der Waals surface area contributed by atoms with Crippen molar-refractivity contribution in [3.8, 4) is 0 Å². The van der Waals surface area contributed by atoms with Gasteiger partial charge in [0, 0.05) is 23.0 Å². The summed E-state index contributed by atoms with van der Waals surface area (Å²) in [6.45, 7) is 6.86. The van der Waals surface area contributed by atoms with Gasteiger partial charge in [0.2, 0.25) is 0 Å². The van der Waals surface area contributed by atoms with E-state index in [2.05, 4.69) is 17.0 Å². The maximum Gasteiger partial charge on any atom is 0.250 e. The number of thiophene rings is 1. The Bertz CT molecular complexity index is 560. The molecule has 0 aliphatic heterocycles. The van der Waals surface area contributed by atoms with Crippen LogP contribution in [0.15, 0.2) is 16.3 Å². The molecule has 2 N–H and O–H groups in total. The fourth-order valence-corrected chi connectivity index (χ4v) is 5.21. The van der Waals surface area contributed by atoms with Crippen LogP contribution >= 0.6 is 11.3 Å². The Morgan fingerprint density at radius 3 is 2.67 bits per heavy atom. The van der Waals surface area contributed by atoms with Crippen LogP contribution < -0.4 is 10.0 Å². The molecule has 0 amide bonds. The van der Waals surface area contributed by atoms with Crippen LogP contribution in [-0.4, -0.2) is 26.5 Å². The first-order valence-electron chi connectivity index (χ1n) is 7.68. The molecule has 0 unspecified atom stereocenters. The molecule has 0 spiro atoms. The summed E-state index contributed by atoms with van der Waals surface area (Å²) in [7, 11) is -3.40. The van der Waals surface area contributed by atoms with Crippen molar-refractivity contribution in [1.29, 1.82) is 0 Å². The van der Waals surface area contributed by atoms with Gasteiger partial charge in [-0.3, -0.25) is 0 Å². The lowest BCUT2D eigenvalue weighted by Gasteiger charge is -2.24. The second kappa shape index (κ2) is 6.77. The zero-order chi connectivity index (χ0) is 15.5. The molecule has 1 aliphatic carbocycles. The molecule has 0 aromatic carbocycles. The van der Waals surface area contributed by atoms with Crippen LogP contribution in [-0.2, 0) is 16.4 Å². The third-order valence-electron chi connectivity index (χ3n) is 3.57. The molecular weight excluding hydrogens is 304 g/mol. The summed E-state index contributed by atoms with van der Waals surface area (Å²) in [4.78, 5) is 1.12. The monoisotopic (exact) mass is 330 g/mol. The smallest absolute Gasteiger partial charge is 0.250 e. The predicted octanol–water partition coefficient (Wildman–Crippen LogP) is 2.90. The molecule has 1 heterocycles. The molecule has 21 heavy (non-hydrogen) atoms. The van der Waals surface area contributed by atoms with Crippen molar-refractivity contribution in [1.82, 2.24) is 10.0 Å². The first kappa shape index (κ1) is 16.9. The molecule has 0 saturated heterocycles.